The van der Waals surface area contributed by atoms with E-state index in [1.807, 2.05) is 13.8 Å². The Morgan fingerprint density at radius 1 is 1.69 bits per heavy atom. The number of carboxylic acids is 1. The summed E-state index contributed by atoms with van der Waals surface area (Å²) in [5.74, 6) is -1.72. The standard InChI is InChI=1S/C12H17ClO3/c1-3-4-8(2)12(13)7-9(14)5-6-10(12)11(15)16/h5-8,10,14H,3-4H2,1-2H3,(H,15,16). The van der Waals surface area contributed by atoms with Crippen molar-refractivity contribution in [2.24, 2.45) is 11.8 Å². The minimum absolute atomic E-state index is 0.00707. The van der Waals surface area contributed by atoms with E-state index in [1.165, 1.54) is 18.2 Å². The van der Waals surface area contributed by atoms with Crippen LogP contribution in [0.15, 0.2) is 24.0 Å². The van der Waals surface area contributed by atoms with Gasteiger partial charge in [-0.25, -0.2) is 0 Å². The molecule has 0 amide bonds. The van der Waals surface area contributed by atoms with Crippen LogP contribution in [0.2, 0.25) is 0 Å². The lowest BCUT2D eigenvalue weighted by Gasteiger charge is -2.36. The molecule has 3 unspecified atom stereocenters. The number of aliphatic hydroxyl groups is 1. The van der Waals surface area contributed by atoms with Gasteiger partial charge in [-0.3, -0.25) is 4.79 Å². The highest BCUT2D eigenvalue weighted by molar-refractivity contribution is 6.27. The molecule has 16 heavy (non-hydrogen) atoms. The van der Waals surface area contributed by atoms with E-state index < -0.39 is 16.8 Å². The molecule has 0 spiro atoms. The SMILES string of the molecule is CCCC(C)C1(Cl)C=C(O)C=CC1C(=O)O. The maximum Gasteiger partial charge on any atom is 0.312 e. The van der Waals surface area contributed by atoms with Crippen LogP contribution in [0.5, 0.6) is 0 Å². The van der Waals surface area contributed by atoms with Crippen molar-refractivity contribution in [2.45, 2.75) is 31.6 Å². The van der Waals surface area contributed by atoms with Gasteiger partial charge in [-0.05, 0) is 24.5 Å². The highest BCUT2D eigenvalue weighted by Gasteiger charge is 2.44. The lowest BCUT2D eigenvalue weighted by Crippen LogP contribution is -2.42. The minimum Gasteiger partial charge on any atom is -0.508 e. The summed E-state index contributed by atoms with van der Waals surface area (Å²) in [5.41, 5.74) is 0. The van der Waals surface area contributed by atoms with Crippen molar-refractivity contribution in [1.29, 1.82) is 0 Å². The first kappa shape index (κ1) is 13.1. The molecular weight excluding hydrogens is 228 g/mol. The highest BCUT2D eigenvalue weighted by atomic mass is 35.5. The molecule has 0 fully saturated rings. The van der Waals surface area contributed by atoms with Crippen LogP contribution in [0.1, 0.15) is 26.7 Å². The van der Waals surface area contributed by atoms with Gasteiger partial charge in [0.2, 0.25) is 0 Å². The van der Waals surface area contributed by atoms with Crippen LogP contribution in [0.3, 0.4) is 0 Å². The van der Waals surface area contributed by atoms with E-state index >= 15 is 0 Å². The van der Waals surface area contributed by atoms with Crippen LogP contribution in [0.25, 0.3) is 0 Å². The third-order valence-electron chi connectivity index (χ3n) is 3.05. The Labute approximate surface area is 100 Å². The summed E-state index contributed by atoms with van der Waals surface area (Å²) < 4.78 is 0. The fraction of sp³-hybridized carbons (Fsp3) is 0.583. The van der Waals surface area contributed by atoms with Gasteiger partial charge in [-0.2, -0.15) is 0 Å². The first-order chi connectivity index (χ1) is 7.41. The largest absolute Gasteiger partial charge is 0.508 e. The van der Waals surface area contributed by atoms with E-state index in [1.54, 1.807) is 0 Å². The summed E-state index contributed by atoms with van der Waals surface area (Å²) in [6.07, 6.45) is 6.05. The van der Waals surface area contributed by atoms with E-state index in [9.17, 15) is 9.90 Å². The maximum absolute atomic E-state index is 11.1. The van der Waals surface area contributed by atoms with E-state index in [0.29, 0.717) is 0 Å². The van der Waals surface area contributed by atoms with Crippen LogP contribution in [-0.2, 0) is 4.79 Å². The molecule has 0 aromatic carbocycles. The number of carboxylic acid groups (broad SMARTS) is 1. The van der Waals surface area contributed by atoms with Gasteiger partial charge in [0.25, 0.3) is 0 Å². The Kier molecular flexibility index (Phi) is 4.03. The number of halogens is 1. The van der Waals surface area contributed by atoms with Crippen molar-refractivity contribution in [1.82, 2.24) is 0 Å². The molecule has 0 aromatic heterocycles. The highest BCUT2D eigenvalue weighted by Crippen LogP contribution is 2.41. The van der Waals surface area contributed by atoms with Gasteiger partial charge in [0.1, 0.15) is 5.76 Å². The molecule has 0 saturated heterocycles. The van der Waals surface area contributed by atoms with Crippen LogP contribution >= 0.6 is 11.6 Å². The molecule has 2 N–H and O–H groups in total. The zero-order valence-corrected chi connectivity index (χ0v) is 10.2. The minimum atomic E-state index is -1.03. The number of alkyl halides is 1. The first-order valence-electron chi connectivity index (χ1n) is 5.43. The number of aliphatic hydroxyl groups excluding tert-OH is 1. The average Bonchev–Trinajstić information content (AvgIpc) is 2.17. The van der Waals surface area contributed by atoms with Crippen molar-refractivity contribution in [3.63, 3.8) is 0 Å². The molecule has 0 saturated carbocycles. The van der Waals surface area contributed by atoms with Crippen molar-refractivity contribution in [3.05, 3.63) is 24.0 Å². The molecule has 3 atom stereocenters. The van der Waals surface area contributed by atoms with Crippen LogP contribution in [0, 0.1) is 11.8 Å². The van der Waals surface area contributed by atoms with Crippen LogP contribution in [-0.4, -0.2) is 21.1 Å². The zero-order valence-electron chi connectivity index (χ0n) is 9.48. The molecule has 1 aliphatic rings. The zero-order chi connectivity index (χ0) is 12.3. The van der Waals surface area contributed by atoms with Gasteiger partial charge in [-0.1, -0.05) is 26.3 Å². The molecule has 4 heteroatoms. The Balaban J connectivity index is 3.04. The molecule has 0 radical (unpaired) electrons. The first-order valence-corrected chi connectivity index (χ1v) is 5.81. The quantitative estimate of drug-likeness (QED) is 0.747. The average molecular weight is 245 g/mol. The van der Waals surface area contributed by atoms with E-state index in [4.69, 9.17) is 16.7 Å². The summed E-state index contributed by atoms with van der Waals surface area (Å²) in [6.45, 7) is 3.93. The lowest BCUT2D eigenvalue weighted by atomic mass is 9.76. The fourth-order valence-electron chi connectivity index (χ4n) is 2.08. The Hall–Kier alpha value is -0.960. The number of hydrogen-bond acceptors (Lipinski definition) is 2. The van der Waals surface area contributed by atoms with Crippen molar-refractivity contribution < 1.29 is 15.0 Å². The molecule has 0 bridgehead atoms. The van der Waals surface area contributed by atoms with Gasteiger partial charge >= 0.3 is 5.97 Å². The number of allylic oxidation sites excluding steroid dienone is 2. The molecule has 0 heterocycles. The molecule has 3 nitrogen and oxygen atoms in total. The van der Waals surface area contributed by atoms with Crippen molar-refractivity contribution >= 4 is 17.6 Å². The van der Waals surface area contributed by atoms with E-state index in [2.05, 4.69) is 0 Å². The summed E-state index contributed by atoms with van der Waals surface area (Å²) in [5, 5.41) is 18.6. The Bertz CT molecular complexity index is 335. The lowest BCUT2D eigenvalue weighted by molar-refractivity contribution is -0.141. The second-order valence-electron chi connectivity index (χ2n) is 4.26. The van der Waals surface area contributed by atoms with E-state index in [-0.39, 0.29) is 11.7 Å². The topological polar surface area (TPSA) is 57.5 Å². The smallest absolute Gasteiger partial charge is 0.312 e. The monoisotopic (exact) mass is 244 g/mol. The van der Waals surface area contributed by atoms with Crippen molar-refractivity contribution in [3.8, 4) is 0 Å². The van der Waals surface area contributed by atoms with Crippen LogP contribution < -0.4 is 0 Å². The molecule has 1 rings (SSSR count). The predicted molar refractivity (Wildman–Crippen MR) is 63.6 cm³/mol. The number of hydrogen-bond donors (Lipinski definition) is 2. The number of aliphatic carboxylic acids is 1. The summed E-state index contributed by atoms with van der Waals surface area (Å²) in [4.78, 5) is 10.1. The summed E-state index contributed by atoms with van der Waals surface area (Å²) in [7, 11) is 0. The number of carbonyl (C=O) groups is 1. The predicted octanol–water partition coefficient (Wildman–Crippen LogP) is 3.11. The van der Waals surface area contributed by atoms with Gasteiger partial charge in [0.05, 0.1) is 10.8 Å². The Morgan fingerprint density at radius 2 is 2.31 bits per heavy atom. The van der Waals surface area contributed by atoms with Gasteiger partial charge < -0.3 is 10.2 Å². The molecular formula is C12H17ClO3. The van der Waals surface area contributed by atoms with Gasteiger partial charge in [0.15, 0.2) is 0 Å². The van der Waals surface area contributed by atoms with E-state index in [0.717, 1.165) is 12.8 Å². The maximum atomic E-state index is 11.1. The molecule has 0 aromatic rings. The third kappa shape index (κ3) is 2.40. The summed E-state index contributed by atoms with van der Waals surface area (Å²) in [6, 6.07) is 0. The Morgan fingerprint density at radius 3 is 2.81 bits per heavy atom. The number of rotatable bonds is 4. The normalized spacial score (nSPS) is 30.9. The van der Waals surface area contributed by atoms with Crippen LogP contribution in [0.4, 0.5) is 0 Å². The summed E-state index contributed by atoms with van der Waals surface area (Å²) >= 11 is 6.39. The molecule has 1 aliphatic carbocycles. The van der Waals surface area contributed by atoms with Crippen molar-refractivity contribution in [2.75, 3.05) is 0 Å². The second-order valence-corrected chi connectivity index (χ2v) is 4.92. The molecule has 0 aliphatic heterocycles. The fourth-order valence-corrected chi connectivity index (χ4v) is 2.47. The second kappa shape index (κ2) is 4.91. The third-order valence-corrected chi connectivity index (χ3v) is 3.76. The van der Waals surface area contributed by atoms with Gasteiger partial charge in [0, 0.05) is 0 Å². The molecule has 90 valence electrons. The van der Waals surface area contributed by atoms with Gasteiger partial charge in [-0.15, -0.1) is 11.6 Å².